The first-order chi connectivity index (χ1) is 23.5. The molecule has 0 radical (unpaired) electrons. The van der Waals surface area contributed by atoms with Gasteiger partial charge in [0.15, 0.2) is 0 Å². The number of aliphatic hydroxyl groups is 5. The summed E-state index contributed by atoms with van der Waals surface area (Å²) in [6, 6.07) is 16.8. The van der Waals surface area contributed by atoms with Gasteiger partial charge < -0.3 is 35.2 Å². The minimum atomic E-state index is -1.73. The first-order valence-electron chi connectivity index (χ1n) is 17.6. The minimum Gasteiger partial charge on any atom is -0.490 e. The lowest BCUT2D eigenvalue weighted by atomic mass is 9.84. The molecule has 1 aromatic heterocycles. The van der Waals surface area contributed by atoms with E-state index in [-0.39, 0.29) is 23.8 Å². The zero-order valence-corrected chi connectivity index (χ0v) is 29.3. The largest absolute Gasteiger partial charge is 0.490 e. The van der Waals surface area contributed by atoms with Gasteiger partial charge in [-0.25, -0.2) is 0 Å². The lowest BCUT2D eigenvalue weighted by molar-refractivity contribution is -0.138. The Hall–Kier alpha value is -3.05. The van der Waals surface area contributed by atoms with Crippen molar-refractivity contribution in [1.29, 1.82) is 0 Å². The maximum absolute atomic E-state index is 12.2. The van der Waals surface area contributed by atoms with E-state index in [0.29, 0.717) is 19.1 Å². The minimum absolute atomic E-state index is 0.0597. The molecule has 0 aliphatic heterocycles. The summed E-state index contributed by atoms with van der Waals surface area (Å²) in [5.41, 5.74) is 6.03. The van der Waals surface area contributed by atoms with Gasteiger partial charge in [-0.2, -0.15) is 0 Å². The summed E-state index contributed by atoms with van der Waals surface area (Å²) in [4.78, 5) is 18.2. The average Bonchev–Trinajstić information content (AvgIpc) is 4.05. The quantitative estimate of drug-likeness (QED) is 0.108. The Morgan fingerprint density at radius 2 is 1.76 bits per heavy atom. The molecule has 0 saturated heterocycles. The van der Waals surface area contributed by atoms with Crippen molar-refractivity contribution in [2.45, 2.75) is 113 Å². The Morgan fingerprint density at radius 1 is 1.02 bits per heavy atom. The van der Waals surface area contributed by atoms with Crippen molar-refractivity contribution in [3.63, 3.8) is 0 Å². The molecule has 2 aliphatic rings. The van der Waals surface area contributed by atoms with Gasteiger partial charge in [0.2, 0.25) is 5.91 Å². The molecule has 2 fully saturated rings. The molecule has 5 atom stereocenters. The number of aliphatic hydroxyl groups excluding tert-OH is 5. The first-order valence-corrected chi connectivity index (χ1v) is 18.0. The van der Waals surface area contributed by atoms with Gasteiger partial charge in [-0.15, -0.1) is 0 Å². The van der Waals surface area contributed by atoms with Gasteiger partial charge in [0.05, 0.1) is 12.7 Å². The number of aryl methyl sites for hydroxylation is 1. The molecule has 10 heteroatoms. The van der Waals surface area contributed by atoms with E-state index in [9.17, 15) is 25.2 Å². The van der Waals surface area contributed by atoms with Gasteiger partial charge in [-0.3, -0.25) is 9.78 Å². The molecule has 9 nitrogen and oxygen atoms in total. The molecule has 5 N–H and O–H groups in total. The molecule has 1 heterocycles. The van der Waals surface area contributed by atoms with Crippen LogP contribution in [0.25, 0.3) is 11.1 Å². The highest BCUT2D eigenvalue weighted by molar-refractivity contribution is 6.31. The van der Waals surface area contributed by atoms with Crippen molar-refractivity contribution in [1.82, 2.24) is 9.88 Å². The highest BCUT2D eigenvalue weighted by Gasteiger charge is 2.45. The lowest BCUT2D eigenvalue weighted by Crippen LogP contribution is -2.50. The van der Waals surface area contributed by atoms with Crippen LogP contribution in [0.5, 0.6) is 5.75 Å². The second kappa shape index (κ2) is 16.8. The summed E-state index contributed by atoms with van der Waals surface area (Å²) >= 11 is 6.75. The van der Waals surface area contributed by atoms with Crippen molar-refractivity contribution in [2.75, 3.05) is 19.7 Å². The number of amides is 1. The number of aromatic nitrogens is 1. The summed E-state index contributed by atoms with van der Waals surface area (Å²) < 4.78 is 6.28. The van der Waals surface area contributed by atoms with Crippen LogP contribution in [-0.2, 0) is 16.6 Å². The molecule has 1 unspecified atom stereocenters. The van der Waals surface area contributed by atoms with Gasteiger partial charge in [-0.1, -0.05) is 55.3 Å². The summed E-state index contributed by atoms with van der Waals surface area (Å²) in [7, 11) is 0. The van der Waals surface area contributed by atoms with E-state index in [4.69, 9.17) is 21.4 Å². The van der Waals surface area contributed by atoms with Crippen molar-refractivity contribution >= 4 is 17.5 Å². The number of hydrogen-bond acceptors (Lipinski definition) is 8. The van der Waals surface area contributed by atoms with Gasteiger partial charge in [0.1, 0.15) is 30.2 Å². The molecule has 2 aromatic carbocycles. The second-order valence-electron chi connectivity index (χ2n) is 14.0. The normalized spacial score (nSPS) is 18.3. The van der Waals surface area contributed by atoms with Crippen LogP contribution in [0.1, 0.15) is 87.8 Å². The third-order valence-electron chi connectivity index (χ3n) is 10.2. The van der Waals surface area contributed by atoms with Gasteiger partial charge in [0, 0.05) is 43.0 Å². The molecule has 2 aliphatic carbocycles. The number of carbonyl (C=O) groups excluding carboxylic acids is 1. The van der Waals surface area contributed by atoms with Crippen LogP contribution >= 0.6 is 11.6 Å². The van der Waals surface area contributed by atoms with Gasteiger partial charge >= 0.3 is 0 Å². The number of benzene rings is 2. The van der Waals surface area contributed by atoms with Crippen LogP contribution in [0.3, 0.4) is 0 Å². The van der Waals surface area contributed by atoms with E-state index in [1.54, 1.807) is 0 Å². The monoisotopic (exact) mass is 694 g/mol. The van der Waals surface area contributed by atoms with Crippen LogP contribution in [0.2, 0.25) is 5.02 Å². The van der Waals surface area contributed by atoms with Crippen LogP contribution in [-0.4, -0.2) is 91.5 Å². The third-order valence-corrected chi connectivity index (χ3v) is 10.6. The first kappa shape index (κ1) is 37.2. The fourth-order valence-electron chi connectivity index (χ4n) is 6.68. The Morgan fingerprint density at radius 3 is 2.45 bits per heavy atom. The SMILES string of the molecule is CC(=O)N(CCCCC(C)c1ccc(Cl)c(CCC2(c3cnccc3-c3ccccc3OC3CC3)CC2)c1)C[C@H](O)[C@@H](O)[C@H](O)[C@H](O)CO. The molecular formula is C39H51ClN2O7. The van der Waals surface area contributed by atoms with E-state index in [2.05, 4.69) is 48.3 Å². The smallest absolute Gasteiger partial charge is 0.219 e. The average molecular weight is 695 g/mol. The standard InChI is InChI=1S/C39H51ClN2O7/c1-25(7-5-6-20-42(26(2)44)23-34(45)37(47)38(48)35(46)24-43)27-10-13-33(40)28(21-27)14-16-39(17-18-39)32-22-41-19-15-30(32)31-8-3-4-9-36(31)49-29-11-12-29/h3-4,8-10,13,15,19,21-22,25,29,34-35,37-38,43,45-48H,5-7,11-12,14,16-18,20,23-24H2,1-2H3/t25?,34-,35+,37+,38+/m0/s1. The van der Waals surface area contributed by atoms with Crippen LogP contribution in [0.4, 0.5) is 0 Å². The van der Waals surface area contributed by atoms with Crippen LogP contribution < -0.4 is 4.74 Å². The summed E-state index contributed by atoms with van der Waals surface area (Å²) in [5.74, 6) is 0.951. The van der Waals surface area contributed by atoms with E-state index in [1.165, 1.54) is 28.5 Å². The van der Waals surface area contributed by atoms with E-state index < -0.39 is 31.0 Å². The number of para-hydroxylation sites is 1. The number of carbonyl (C=O) groups is 1. The van der Waals surface area contributed by atoms with Crippen molar-refractivity contribution in [2.24, 2.45) is 0 Å². The maximum atomic E-state index is 12.2. The topological polar surface area (TPSA) is 144 Å². The number of unbranched alkanes of at least 4 members (excludes halogenated alkanes) is 1. The van der Waals surface area contributed by atoms with E-state index >= 15 is 0 Å². The fraction of sp³-hybridized carbons (Fsp3) is 0.538. The predicted octanol–water partition coefficient (Wildman–Crippen LogP) is 5.17. The zero-order chi connectivity index (χ0) is 35.1. The fourth-order valence-corrected chi connectivity index (χ4v) is 6.89. The number of pyridine rings is 1. The number of nitrogens with zero attached hydrogens (tertiary/aromatic N) is 2. The summed E-state index contributed by atoms with van der Waals surface area (Å²) in [6.45, 7) is 3.01. The highest BCUT2D eigenvalue weighted by Crippen LogP contribution is 2.55. The lowest BCUT2D eigenvalue weighted by Gasteiger charge is -2.30. The molecule has 5 rings (SSSR count). The van der Waals surface area contributed by atoms with E-state index in [0.717, 1.165) is 73.3 Å². The number of halogens is 1. The molecule has 0 bridgehead atoms. The highest BCUT2D eigenvalue weighted by atomic mass is 35.5. The van der Waals surface area contributed by atoms with E-state index in [1.807, 2.05) is 24.5 Å². The molecular weight excluding hydrogens is 644 g/mol. The van der Waals surface area contributed by atoms with Crippen molar-refractivity contribution in [3.05, 3.63) is 82.6 Å². The Balaban J connectivity index is 1.16. The van der Waals surface area contributed by atoms with Crippen LogP contribution in [0, 0.1) is 0 Å². The maximum Gasteiger partial charge on any atom is 0.219 e. The van der Waals surface area contributed by atoms with Crippen molar-refractivity contribution < 1.29 is 35.1 Å². The van der Waals surface area contributed by atoms with Gasteiger partial charge in [-0.05, 0) is 103 Å². The predicted molar refractivity (Wildman–Crippen MR) is 190 cm³/mol. The Kier molecular flexibility index (Phi) is 12.7. The van der Waals surface area contributed by atoms with Crippen molar-refractivity contribution in [3.8, 4) is 16.9 Å². The summed E-state index contributed by atoms with van der Waals surface area (Å²) in [5, 5.41) is 49.8. The second-order valence-corrected chi connectivity index (χ2v) is 14.4. The van der Waals surface area contributed by atoms with Gasteiger partial charge in [0.25, 0.3) is 0 Å². The molecule has 266 valence electrons. The molecule has 2 saturated carbocycles. The molecule has 1 amide bonds. The Labute approximate surface area is 294 Å². The zero-order valence-electron chi connectivity index (χ0n) is 28.5. The number of hydrogen-bond donors (Lipinski definition) is 5. The van der Waals surface area contributed by atoms with Crippen LogP contribution in [0.15, 0.2) is 60.9 Å². The number of rotatable bonds is 19. The Bertz CT molecular complexity index is 1550. The molecule has 49 heavy (non-hydrogen) atoms. The molecule has 3 aromatic rings. The molecule has 0 spiro atoms. The number of ether oxygens (including phenoxy) is 1. The summed E-state index contributed by atoms with van der Waals surface area (Å²) in [6.07, 6.45) is 6.47. The third kappa shape index (κ3) is 9.60.